The molecule has 0 atom stereocenters. The molecule has 1 aliphatic carbocycles. The molecule has 0 spiro atoms. The summed E-state index contributed by atoms with van der Waals surface area (Å²) in [5.74, 6) is -0.102. The number of nitrogens with one attached hydrogen (secondary N) is 2. The van der Waals surface area contributed by atoms with E-state index < -0.39 is 0 Å². The number of benzene rings is 1. The number of carbonyl (C=O) groups is 2. The third-order valence-corrected chi connectivity index (χ3v) is 4.46. The van der Waals surface area contributed by atoms with Crippen molar-refractivity contribution in [1.82, 2.24) is 5.32 Å². The van der Waals surface area contributed by atoms with E-state index in [0.29, 0.717) is 35.1 Å². The van der Waals surface area contributed by atoms with Gasteiger partial charge in [-0.05, 0) is 43.9 Å². The molecular weight excluding hydrogens is 335 g/mol. The molecule has 0 radical (unpaired) electrons. The first-order valence-electron chi connectivity index (χ1n) is 7.65. The molecule has 1 aromatic carbocycles. The van der Waals surface area contributed by atoms with Crippen molar-refractivity contribution in [3.05, 3.63) is 40.9 Å². The molecule has 1 fully saturated rings. The standard InChI is InChI=1S/C17H20Cl2N2O2/c1-2-7-20-16(22)11-3-5-12(6-4-11)17(23)21-15-9-13(18)8-14(19)10-15/h2,8-12H,1,3-7H2,(H,20,22)(H,21,23). The Hall–Kier alpha value is -1.52. The second-order valence-corrected chi connectivity index (χ2v) is 6.60. The van der Waals surface area contributed by atoms with Crippen molar-refractivity contribution in [2.75, 3.05) is 11.9 Å². The molecule has 0 heterocycles. The zero-order chi connectivity index (χ0) is 16.8. The second-order valence-electron chi connectivity index (χ2n) is 5.73. The van der Waals surface area contributed by atoms with Crippen LogP contribution in [0, 0.1) is 11.8 Å². The van der Waals surface area contributed by atoms with Gasteiger partial charge >= 0.3 is 0 Å². The predicted molar refractivity (Wildman–Crippen MR) is 93.7 cm³/mol. The van der Waals surface area contributed by atoms with Crippen molar-refractivity contribution in [2.45, 2.75) is 25.7 Å². The Labute approximate surface area is 146 Å². The van der Waals surface area contributed by atoms with Gasteiger partial charge in [0, 0.05) is 34.1 Å². The number of anilines is 1. The van der Waals surface area contributed by atoms with Gasteiger partial charge in [-0.15, -0.1) is 6.58 Å². The Morgan fingerprint density at radius 1 is 1.04 bits per heavy atom. The largest absolute Gasteiger partial charge is 0.352 e. The Morgan fingerprint density at radius 2 is 1.57 bits per heavy atom. The first-order chi connectivity index (χ1) is 11.0. The molecule has 0 aliphatic heterocycles. The van der Waals surface area contributed by atoms with Crippen molar-refractivity contribution >= 4 is 40.7 Å². The van der Waals surface area contributed by atoms with E-state index >= 15 is 0 Å². The van der Waals surface area contributed by atoms with Crippen LogP contribution in [0.15, 0.2) is 30.9 Å². The minimum atomic E-state index is -0.0868. The maximum Gasteiger partial charge on any atom is 0.227 e. The van der Waals surface area contributed by atoms with Crippen molar-refractivity contribution in [1.29, 1.82) is 0 Å². The molecule has 2 rings (SSSR count). The summed E-state index contributed by atoms with van der Waals surface area (Å²) in [5, 5.41) is 6.63. The Kier molecular flexibility index (Phi) is 6.48. The third-order valence-electron chi connectivity index (χ3n) is 4.02. The van der Waals surface area contributed by atoms with Crippen LogP contribution in [0.2, 0.25) is 10.0 Å². The molecule has 6 heteroatoms. The summed E-state index contributed by atoms with van der Waals surface area (Å²) in [5.41, 5.74) is 0.596. The molecule has 1 saturated carbocycles. The van der Waals surface area contributed by atoms with Gasteiger partial charge in [-0.1, -0.05) is 29.3 Å². The summed E-state index contributed by atoms with van der Waals surface area (Å²) in [6, 6.07) is 4.95. The molecule has 0 bridgehead atoms. The quantitative estimate of drug-likeness (QED) is 0.783. The summed E-state index contributed by atoms with van der Waals surface area (Å²) in [7, 11) is 0. The highest BCUT2D eigenvalue weighted by Crippen LogP contribution is 2.30. The lowest BCUT2D eigenvalue weighted by atomic mass is 9.81. The molecule has 0 aromatic heterocycles. The van der Waals surface area contributed by atoms with E-state index in [1.54, 1.807) is 24.3 Å². The lowest BCUT2D eigenvalue weighted by Crippen LogP contribution is -2.35. The average molecular weight is 355 g/mol. The molecule has 1 aliphatic rings. The number of hydrogen-bond acceptors (Lipinski definition) is 2. The van der Waals surface area contributed by atoms with E-state index in [1.165, 1.54) is 0 Å². The third kappa shape index (κ3) is 5.26. The number of halogens is 2. The molecule has 2 amide bonds. The van der Waals surface area contributed by atoms with Gasteiger partial charge in [0.1, 0.15) is 0 Å². The van der Waals surface area contributed by atoms with Gasteiger partial charge in [-0.25, -0.2) is 0 Å². The molecule has 0 saturated heterocycles. The Bertz CT molecular complexity index is 576. The summed E-state index contributed by atoms with van der Waals surface area (Å²) in [6.45, 7) is 4.06. The van der Waals surface area contributed by atoms with Crippen LogP contribution in [0.4, 0.5) is 5.69 Å². The SMILES string of the molecule is C=CCNC(=O)C1CCC(C(=O)Nc2cc(Cl)cc(Cl)c2)CC1. The predicted octanol–water partition coefficient (Wildman–Crippen LogP) is 4.04. The number of hydrogen-bond donors (Lipinski definition) is 2. The van der Waals surface area contributed by atoms with Crippen molar-refractivity contribution in [3.63, 3.8) is 0 Å². The van der Waals surface area contributed by atoms with Crippen molar-refractivity contribution in [2.24, 2.45) is 11.8 Å². The second kappa shape index (κ2) is 8.37. The molecule has 1 aromatic rings. The van der Waals surface area contributed by atoms with Crippen LogP contribution >= 0.6 is 23.2 Å². The van der Waals surface area contributed by atoms with Gasteiger partial charge in [0.25, 0.3) is 0 Å². The molecule has 4 nitrogen and oxygen atoms in total. The maximum atomic E-state index is 12.3. The zero-order valence-electron chi connectivity index (χ0n) is 12.8. The molecule has 2 N–H and O–H groups in total. The minimum absolute atomic E-state index is 0.0142. The summed E-state index contributed by atoms with van der Waals surface area (Å²) in [4.78, 5) is 24.2. The first-order valence-corrected chi connectivity index (χ1v) is 8.40. The number of carbonyl (C=O) groups excluding carboxylic acids is 2. The monoisotopic (exact) mass is 354 g/mol. The van der Waals surface area contributed by atoms with Gasteiger partial charge in [-0.2, -0.15) is 0 Å². The van der Waals surface area contributed by atoms with E-state index in [9.17, 15) is 9.59 Å². The van der Waals surface area contributed by atoms with E-state index in [1.807, 2.05) is 0 Å². The highest BCUT2D eigenvalue weighted by molar-refractivity contribution is 6.35. The Morgan fingerprint density at radius 3 is 2.09 bits per heavy atom. The fourth-order valence-corrected chi connectivity index (χ4v) is 3.33. The zero-order valence-corrected chi connectivity index (χ0v) is 14.3. The van der Waals surface area contributed by atoms with Gasteiger partial charge in [-0.3, -0.25) is 9.59 Å². The normalized spacial score (nSPS) is 20.6. The first kappa shape index (κ1) is 17.8. The van der Waals surface area contributed by atoms with E-state index in [2.05, 4.69) is 17.2 Å². The molecule has 0 unspecified atom stereocenters. The van der Waals surface area contributed by atoms with Crippen molar-refractivity contribution < 1.29 is 9.59 Å². The van der Waals surface area contributed by atoms with E-state index in [4.69, 9.17) is 23.2 Å². The summed E-state index contributed by atoms with van der Waals surface area (Å²) in [6.07, 6.45) is 4.50. The molecule has 23 heavy (non-hydrogen) atoms. The summed E-state index contributed by atoms with van der Waals surface area (Å²) < 4.78 is 0. The average Bonchev–Trinajstić information content (AvgIpc) is 2.51. The van der Waals surface area contributed by atoms with E-state index in [0.717, 1.165) is 12.8 Å². The number of amides is 2. The van der Waals surface area contributed by atoms with Crippen LogP contribution in [-0.2, 0) is 9.59 Å². The maximum absolute atomic E-state index is 12.3. The minimum Gasteiger partial charge on any atom is -0.352 e. The van der Waals surface area contributed by atoms with Crippen LogP contribution in [0.25, 0.3) is 0 Å². The van der Waals surface area contributed by atoms with Crippen LogP contribution in [-0.4, -0.2) is 18.4 Å². The van der Waals surface area contributed by atoms with Crippen molar-refractivity contribution in [3.8, 4) is 0 Å². The van der Waals surface area contributed by atoms with Crippen LogP contribution < -0.4 is 10.6 Å². The molecular formula is C17H20Cl2N2O2. The fraction of sp³-hybridized carbons (Fsp3) is 0.412. The smallest absolute Gasteiger partial charge is 0.227 e. The molecule has 124 valence electrons. The van der Waals surface area contributed by atoms with Gasteiger partial charge in [0.2, 0.25) is 11.8 Å². The highest BCUT2D eigenvalue weighted by atomic mass is 35.5. The lowest BCUT2D eigenvalue weighted by molar-refractivity contribution is -0.128. The van der Waals surface area contributed by atoms with Gasteiger partial charge < -0.3 is 10.6 Å². The number of rotatable bonds is 5. The van der Waals surface area contributed by atoms with Crippen LogP contribution in [0.1, 0.15) is 25.7 Å². The summed E-state index contributed by atoms with van der Waals surface area (Å²) >= 11 is 11.9. The van der Waals surface area contributed by atoms with Gasteiger partial charge in [0.15, 0.2) is 0 Å². The van der Waals surface area contributed by atoms with Crippen LogP contribution in [0.3, 0.4) is 0 Å². The van der Waals surface area contributed by atoms with E-state index in [-0.39, 0.29) is 23.7 Å². The highest BCUT2D eigenvalue weighted by Gasteiger charge is 2.29. The Balaban J connectivity index is 1.86. The fourth-order valence-electron chi connectivity index (χ4n) is 2.81. The van der Waals surface area contributed by atoms with Gasteiger partial charge in [0.05, 0.1) is 0 Å². The van der Waals surface area contributed by atoms with Crippen LogP contribution in [0.5, 0.6) is 0 Å². The topological polar surface area (TPSA) is 58.2 Å². The lowest BCUT2D eigenvalue weighted by Gasteiger charge is -2.27.